The molecule has 0 saturated carbocycles. The van der Waals surface area contributed by atoms with Crippen molar-refractivity contribution in [2.24, 2.45) is 0 Å². The van der Waals surface area contributed by atoms with Gasteiger partial charge in [-0.25, -0.2) is 0 Å². The topological polar surface area (TPSA) is 35.5 Å². The Balaban J connectivity index is 2.13. The van der Waals surface area contributed by atoms with Gasteiger partial charge < -0.3 is 9.47 Å². The fourth-order valence-corrected chi connectivity index (χ4v) is 2.73. The van der Waals surface area contributed by atoms with E-state index in [-0.39, 0.29) is 18.5 Å². The van der Waals surface area contributed by atoms with Crippen LogP contribution in [0.4, 0.5) is 0 Å². The molecule has 1 atom stereocenters. The number of rotatable bonds is 2. The van der Waals surface area contributed by atoms with Crippen LogP contribution in [0.25, 0.3) is 11.1 Å². The number of carbonyl (C=O) groups is 1. The van der Waals surface area contributed by atoms with Crippen molar-refractivity contribution in [3.05, 3.63) is 53.6 Å². The Hall–Kier alpha value is -2.29. The summed E-state index contributed by atoms with van der Waals surface area (Å²) in [5.41, 5.74) is 4.43. The second-order valence-electron chi connectivity index (χ2n) is 4.92. The maximum absolute atomic E-state index is 11.6. The Kier molecular flexibility index (Phi) is 3.18. The molecule has 3 nitrogen and oxygen atoms in total. The number of esters is 1. The number of para-hydroxylation sites is 1. The predicted molar refractivity (Wildman–Crippen MR) is 76.6 cm³/mol. The van der Waals surface area contributed by atoms with E-state index in [9.17, 15) is 4.79 Å². The van der Waals surface area contributed by atoms with Gasteiger partial charge in [0.25, 0.3) is 0 Å². The molecular formula is C17H16O3. The fourth-order valence-electron chi connectivity index (χ4n) is 2.73. The van der Waals surface area contributed by atoms with E-state index in [1.54, 1.807) is 0 Å². The minimum absolute atomic E-state index is 0.225. The number of ether oxygens (including phenoxy) is 2. The van der Waals surface area contributed by atoms with E-state index in [1.807, 2.05) is 43.3 Å². The lowest BCUT2D eigenvalue weighted by Gasteiger charge is -2.29. The molecule has 1 heterocycles. The van der Waals surface area contributed by atoms with E-state index in [2.05, 4.69) is 6.07 Å². The molecule has 2 aromatic rings. The van der Waals surface area contributed by atoms with Crippen LogP contribution >= 0.6 is 0 Å². The number of hydrogen-bond acceptors (Lipinski definition) is 3. The third kappa shape index (κ3) is 2.05. The Bertz CT molecular complexity index is 661. The average Bonchev–Trinajstić information content (AvgIpc) is 2.47. The molecule has 20 heavy (non-hydrogen) atoms. The molecule has 3 heteroatoms. The molecule has 0 radical (unpaired) electrons. The summed E-state index contributed by atoms with van der Waals surface area (Å²) < 4.78 is 10.8. The largest absolute Gasteiger partial charge is 0.484 e. The molecule has 2 aromatic carbocycles. The molecule has 1 unspecified atom stereocenters. The zero-order valence-corrected chi connectivity index (χ0v) is 11.6. The van der Waals surface area contributed by atoms with Gasteiger partial charge in [0.05, 0.1) is 13.5 Å². The molecule has 1 aliphatic heterocycles. The summed E-state index contributed by atoms with van der Waals surface area (Å²) in [5, 5.41) is 0. The van der Waals surface area contributed by atoms with Crippen molar-refractivity contribution < 1.29 is 14.3 Å². The van der Waals surface area contributed by atoms with Gasteiger partial charge in [-0.05, 0) is 24.1 Å². The summed E-state index contributed by atoms with van der Waals surface area (Å²) in [7, 11) is 1.40. The van der Waals surface area contributed by atoms with Gasteiger partial charge in [0.2, 0.25) is 0 Å². The van der Waals surface area contributed by atoms with Crippen LogP contribution in [0.3, 0.4) is 0 Å². The van der Waals surface area contributed by atoms with Crippen LogP contribution in [0.1, 0.15) is 23.7 Å². The van der Waals surface area contributed by atoms with Gasteiger partial charge in [0.15, 0.2) is 0 Å². The Morgan fingerprint density at radius 1 is 1.15 bits per heavy atom. The first-order valence-corrected chi connectivity index (χ1v) is 6.63. The third-order valence-electron chi connectivity index (χ3n) is 3.67. The van der Waals surface area contributed by atoms with E-state index in [1.165, 1.54) is 7.11 Å². The highest BCUT2D eigenvalue weighted by Crippen LogP contribution is 2.44. The normalized spacial score (nSPS) is 15.8. The molecule has 0 bridgehead atoms. The molecule has 0 amide bonds. The summed E-state index contributed by atoms with van der Waals surface area (Å²) in [4.78, 5) is 11.6. The number of hydrogen-bond donors (Lipinski definition) is 0. The standard InChI is InChI=1S/C17H16O3/c1-11-6-5-8-13-12-7-3-4-9-14(12)20-15(17(11)13)10-16(18)19-2/h3-9,15H,10H2,1-2H3. The van der Waals surface area contributed by atoms with Gasteiger partial charge in [-0.3, -0.25) is 4.79 Å². The van der Waals surface area contributed by atoms with Crippen LogP contribution in [0, 0.1) is 6.92 Å². The Labute approximate surface area is 118 Å². The lowest BCUT2D eigenvalue weighted by atomic mass is 9.88. The quantitative estimate of drug-likeness (QED) is 0.780. The molecule has 0 saturated heterocycles. The monoisotopic (exact) mass is 268 g/mol. The predicted octanol–water partition coefficient (Wildman–Crippen LogP) is 3.66. The van der Waals surface area contributed by atoms with Crippen molar-refractivity contribution in [3.8, 4) is 16.9 Å². The highest BCUT2D eigenvalue weighted by atomic mass is 16.5. The van der Waals surface area contributed by atoms with E-state index in [4.69, 9.17) is 9.47 Å². The van der Waals surface area contributed by atoms with Gasteiger partial charge in [-0.15, -0.1) is 0 Å². The van der Waals surface area contributed by atoms with Crippen molar-refractivity contribution in [1.29, 1.82) is 0 Å². The summed E-state index contributed by atoms with van der Waals surface area (Å²) in [6, 6.07) is 14.1. The maximum atomic E-state index is 11.6. The second-order valence-corrected chi connectivity index (χ2v) is 4.92. The van der Waals surface area contributed by atoms with Crippen LogP contribution in [0.2, 0.25) is 0 Å². The van der Waals surface area contributed by atoms with Crippen LogP contribution in [0.15, 0.2) is 42.5 Å². The number of benzene rings is 2. The molecule has 0 N–H and O–H groups in total. The number of aryl methyl sites for hydroxylation is 1. The first kappa shape index (κ1) is 12.7. The van der Waals surface area contributed by atoms with Crippen LogP contribution in [-0.4, -0.2) is 13.1 Å². The number of methoxy groups -OCH3 is 1. The summed E-state index contributed by atoms with van der Waals surface area (Å²) in [6.45, 7) is 2.04. The minimum atomic E-state index is -0.284. The summed E-state index contributed by atoms with van der Waals surface area (Å²) >= 11 is 0. The number of fused-ring (bicyclic) bond motifs is 3. The molecule has 0 fully saturated rings. The van der Waals surface area contributed by atoms with Gasteiger partial charge in [-0.1, -0.05) is 36.4 Å². The first-order chi connectivity index (χ1) is 9.70. The number of carbonyl (C=O) groups excluding carboxylic acids is 1. The minimum Gasteiger partial charge on any atom is -0.484 e. The second kappa shape index (κ2) is 5.00. The SMILES string of the molecule is COC(=O)CC1Oc2ccccc2-c2cccc(C)c21. The van der Waals surface area contributed by atoms with E-state index in [0.29, 0.717) is 0 Å². The lowest BCUT2D eigenvalue weighted by Crippen LogP contribution is -2.19. The average molecular weight is 268 g/mol. The van der Waals surface area contributed by atoms with Crippen LogP contribution in [-0.2, 0) is 9.53 Å². The zero-order chi connectivity index (χ0) is 14.1. The zero-order valence-electron chi connectivity index (χ0n) is 11.6. The van der Waals surface area contributed by atoms with E-state index >= 15 is 0 Å². The van der Waals surface area contributed by atoms with E-state index < -0.39 is 0 Å². The Morgan fingerprint density at radius 3 is 2.70 bits per heavy atom. The first-order valence-electron chi connectivity index (χ1n) is 6.63. The maximum Gasteiger partial charge on any atom is 0.309 e. The highest BCUT2D eigenvalue weighted by Gasteiger charge is 2.29. The summed E-state index contributed by atoms with van der Waals surface area (Å²) in [6.07, 6.45) is -0.0589. The molecule has 102 valence electrons. The smallest absolute Gasteiger partial charge is 0.309 e. The van der Waals surface area contributed by atoms with Crippen molar-refractivity contribution in [2.45, 2.75) is 19.4 Å². The van der Waals surface area contributed by atoms with Gasteiger partial charge in [0, 0.05) is 11.1 Å². The lowest BCUT2D eigenvalue weighted by molar-refractivity contribution is -0.142. The molecule has 0 aliphatic carbocycles. The molecule has 0 aromatic heterocycles. The molecular weight excluding hydrogens is 252 g/mol. The van der Waals surface area contributed by atoms with Crippen molar-refractivity contribution in [3.63, 3.8) is 0 Å². The van der Waals surface area contributed by atoms with Gasteiger partial charge in [0.1, 0.15) is 11.9 Å². The van der Waals surface area contributed by atoms with E-state index in [0.717, 1.165) is 28.0 Å². The fraction of sp³-hybridized carbons (Fsp3) is 0.235. The van der Waals surface area contributed by atoms with Crippen LogP contribution in [0.5, 0.6) is 5.75 Å². The van der Waals surface area contributed by atoms with Crippen molar-refractivity contribution in [2.75, 3.05) is 7.11 Å². The molecule has 0 spiro atoms. The van der Waals surface area contributed by atoms with Gasteiger partial charge in [-0.2, -0.15) is 0 Å². The van der Waals surface area contributed by atoms with Crippen molar-refractivity contribution >= 4 is 5.97 Å². The molecule has 3 rings (SSSR count). The summed E-state index contributed by atoms with van der Waals surface area (Å²) in [5.74, 6) is 0.558. The van der Waals surface area contributed by atoms with Crippen molar-refractivity contribution in [1.82, 2.24) is 0 Å². The highest BCUT2D eigenvalue weighted by molar-refractivity contribution is 5.78. The van der Waals surface area contributed by atoms with Crippen LogP contribution < -0.4 is 4.74 Å². The molecule has 1 aliphatic rings. The third-order valence-corrected chi connectivity index (χ3v) is 3.67. The van der Waals surface area contributed by atoms with Gasteiger partial charge >= 0.3 is 5.97 Å². The Morgan fingerprint density at radius 2 is 1.90 bits per heavy atom.